The summed E-state index contributed by atoms with van der Waals surface area (Å²) >= 11 is 0. The van der Waals surface area contributed by atoms with Gasteiger partial charge in [-0.05, 0) is 44.7 Å². The van der Waals surface area contributed by atoms with E-state index in [2.05, 4.69) is 30.2 Å². The lowest BCUT2D eigenvalue weighted by Crippen LogP contribution is -2.40. The predicted molar refractivity (Wildman–Crippen MR) is 97.4 cm³/mol. The average molecular weight is 341 g/mol. The second-order valence-electron chi connectivity index (χ2n) is 6.78. The van der Waals surface area contributed by atoms with Crippen LogP contribution >= 0.6 is 0 Å². The first-order valence-corrected chi connectivity index (χ1v) is 9.05. The third-order valence-corrected chi connectivity index (χ3v) is 4.79. The Balaban J connectivity index is 1.46. The molecule has 2 heterocycles. The Bertz CT molecular complexity index is 696. The summed E-state index contributed by atoms with van der Waals surface area (Å²) < 4.78 is 7.64. The third-order valence-electron chi connectivity index (χ3n) is 4.79. The number of ether oxygens (including phenoxy) is 1. The number of carbonyl (C=O) groups is 1. The van der Waals surface area contributed by atoms with Crippen molar-refractivity contribution in [1.29, 1.82) is 0 Å². The summed E-state index contributed by atoms with van der Waals surface area (Å²) in [5.74, 6) is 0.0945. The van der Waals surface area contributed by atoms with Gasteiger partial charge in [0.2, 0.25) is 5.91 Å². The number of carbonyl (C=O) groups excluding carboxylic acids is 1. The summed E-state index contributed by atoms with van der Waals surface area (Å²) in [4.78, 5) is 14.5. The Labute approximate surface area is 149 Å². The van der Waals surface area contributed by atoms with E-state index in [4.69, 9.17) is 4.74 Å². The second kappa shape index (κ2) is 8.30. The molecule has 1 aromatic heterocycles. The van der Waals surface area contributed by atoms with Crippen LogP contribution in [0.4, 0.5) is 0 Å². The molecule has 1 unspecified atom stereocenters. The third kappa shape index (κ3) is 4.69. The Morgan fingerprint density at radius 3 is 2.80 bits per heavy atom. The van der Waals surface area contributed by atoms with Crippen molar-refractivity contribution in [2.24, 2.45) is 0 Å². The van der Waals surface area contributed by atoms with Gasteiger partial charge >= 0.3 is 0 Å². The van der Waals surface area contributed by atoms with E-state index in [0.29, 0.717) is 6.61 Å². The Hall–Kier alpha value is -2.14. The number of hydrogen-bond donors (Lipinski definition) is 0. The average Bonchev–Trinajstić information content (AvgIpc) is 3.19. The van der Waals surface area contributed by atoms with Crippen molar-refractivity contribution in [3.8, 4) is 0 Å². The minimum absolute atomic E-state index is 0.0945. The van der Waals surface area contributed by atoms with E-state index in [1.54, 1.807) is 0 Å². The molecule has 0 N–H and O–H groups in total. The largest absolute Gasteiger partial charge is 0.371 e. The topological polar surface area (TPSA) is 47.4 Å². The van der Waals surface area contributed by atoms with Crippen LogP contribution in [-0.4, -0.2) is 46.4 Å². The lowest BCUT2D eigenvalue weighted by Gasteiger charge is -2.25. The van der Waals surface area contributed by atoms with Gasteiger partial charge in [-0.15, -0.1) is 0 Å². The molecule has 1 atom stereocenters. The van der Waals surface area contributed by atoms with Gasteiger partial charge in [0.15, 0.2) is 0 Å². The lowest BCUT2D eigenvalue weighted by molar-refractivity contribution is -0.137. The number of aryl methyl sites for hydroxylation is 2. The highest BCUT2D eigenvalue weighted by Gasteiger charge is 2.29. The maximum Gasteiger partial charge on any atom is 0.248 e. The molecular weight excluding hydrogens is 314 g/mol. The molecule has 1 aliphatic heterocycles. The molecule has 1 fully saturated rings. The van der Waals surface area contributed by atoms with Crippen molar-refractivity contribution in [1.82, 2.24) is 14.7 Å². The van der Waals surface area contributed by atoms with Gasteiger partial charge in [-0.25, -0.2) is 0 Å². The van der Waals surface area contributed by atoms with E-state index in [0.717, 1.165) is 43.7 Å². The summed E-state index contributed by atoms with van der Waals surface area (Å²) in [5.41, 5.74) is 3.41. The van der Waals surface area contributed by atoms with Gasteiger partial charge in [-0.3, -0.25) is 9.48 Å². The van der Waals surface area contributed by atoms with Crippen LogP contribution in [0.5, 0.6) is 0 Å². The Morgan fingerprint density at radius 2 is 2.08 bits per heavy atom. The van der Waals surface area contributed by atoms with Crippen LogP contribution in [0.2, 0.25) is 0 Å². The molecule has 1 aliphatic rings. The van der Waals surface area contributed by atoms with E-state index in [-0.39, 0.29) is 18.6 Å². The Kier molecular flexibility index (Phi) is 5.87. The maximum atomic E-state index is 12.5. The first-order chi connectivity index (χ1) is 12.1. The Morgan fingerprint density at radius 1 is 1.28 bits per heavy atom. The summed E-state index contributed by atoms with van der Waals surface area (Å²) in [6, 6.07) is 12.5. The normalized spacial score (nSPS) is 17.2. The first-order valence-electron chi connectivity index (χ1n) is 9.05. The second-order valence-corrected chi connectivity index (χ2v) is 6.78. The van der Waals surface area contributed by atoms with Crippen LogP contribution in [0.15, 0.2) is 36.4 Å². The van der Waals surface area contributed by atoms with Crippen molar-refractivity contribution in [2.75, 3.05) is 19.8 Å². The highest BCUT2D eigenvalue weighted by molar-refractivity contribution is 5.78. The molecule has 25 heavy (non-hydrogen) atoms. The van der Waals surface area contributed by atoms with E-state index in [9.17, 15) is 4.79 Å². The monoisotopic (exact) mass is 341 g/mol. The molecular formula is C20H27N3O2. The molecule has 1 saturated heterocycles. The molecule has 0 radical (unpaired) electrons. The smallest absolute Gasteiger partial charge is 0.248 e. The standard InChI is InChI=1S/C20H27N3O2/c1-16-13-17(2)23(21-16)14-19-9-6-11-22(19)20(24)15-25-12-10-18-7-4-3-5-8-18/h3-5,7-8,13,19H,6,9-12,14-15H2,1-2H3. The molecule has 0 bridgehead atoms. The summed E-state index contributed by atoms with van der Waals surface area (Å²) in [7, 11) is 0. The number of likely N-dealkylation sites (tertiary alicyclic amines) is 1. The zero-order chi connectivity index (χ0) is 17.6. The fourth-order valence-corrected chi connectivity index (χ4v) is 3.49. The van der Waals surface area contributed by atoms with E-state index >= 15 is 0 Å². The molecule has 0 saturated carbocycles. The first kappa shape index (κ1) is 17.7. The van der Waals surface area contributed by atoms with E-state index < -0.39 is 0 Å². The molecule has 5 nitrogen and oxygen atoms in total. The number of amides is 1. The van der Waals surface area contributed by atoms with Crippen molar-refractivity contribution >= 4 is 5.91 Å². The molecule has 1 amide bonds. The SMILES string of the molecule is Cc1cc(C)n(CC2CCCN2C(=O)COCCc2ccccc2)n1. The molecule has 0 aliphatic carbocycles. The van der Waals surface area contributed by atoms with Gasteiger partial charge in [-0.1, -0.05) is 30.3 Å². The van der Waals surface area contributed by atoms with Crippen LogP contribution in [0, 0.1) is 13.8 Å². The number of benzene rings is 1. The molecule has 5 heteroatoms. The maximum absolute atomic E-state index is 12.5. The van der Waals surface area contributed by atoms with E-state index in [1.165, 1.54) is 5.56 Å². The number of aromatic nitrogens is 2. The van der Waals surface area contributed by atoms with Crippen LogP contribution in [0.1, 0.15) is 29.8 Å². The zero-order valence-electron chi connectivity index (χ0n) is 15.1. The van der Waals surface area contributed by atoms with Crippen LogP contribution in [-0.2, 0) is 22.5 Å². The van der Waals surface area contributed by atoms with Gasteiger partial charge in [0.1, 0.15) is 6.61 Å². The molecule has 134 valence electrons. The van der Waals surface area contributed by atoms with Crippen LogP contribution < -0.4 is 0 Å². The quantitative estimate of drug-likeness (QED) is 0.728. The van der Waals surface area contributed by atoms with Crippen molar-refractivity contribution in [3.63, 3.8) is 0 Å². The molecule has 1 aromatic carbocycles. The van der Waals surface area contributed by atoms with Crippen LogP contribution in [0.25, 0.3) is 0 Å². The van der Waals surface area contributed by atoms with Gasteiger partial charge in [0.05, 0.1) is 24.9 Å². The molecule has 2 aromatic rings. The van der Waals surface area contributed by atoms with Crippen LogP contribution in [0.3, 0.4) is 0 Å². The summed E-state index contributed by atoms with van der Waals surface area (Å²) in [6.45, 7) is 6.40. The minimum atomic E-state index is 0.0945. The van der Waals surface area contributed by atoms with Gasteiger partial charge in [0.25, 0.3) is 0 Å². The van der Waals surface area contributed by atoms with Crippen molar-refractivity contribution in [3.05, 3.63) is 53.3 Å². The van der Waals surface area contributed by atoms with Gasteiger partial charge < -0.3 is 9.64 Å². The zero-order valence-corrected chi connectivity index (χ0v) is 15.1. The summed E-state index contributed by atoms with van der Waals surface area (Å²) in [6.07, 6.45) is 2.93. The fourth-order valence-electron chi connectivity index (χ4n) is 3.49. The van der Waals surface area contributed by atoms with Gasteiger partial charge in [-0.2, -0.15) is 5.10 Å². The minimum Gasteiger partial charge on any atom is -0.371 e. The highest BCUT2D eigenvalue weighted by Crippen LogP contribution is 2.20. The fraction of sp³-hybridized carbons (Fsp3) is 0.500. The summed E-state index contributed by atoms with van der Waals surface area (Å²) in [5, 5.41) is 4.52. The molecule has 3 rings (SSSR count). The molecule has 0 spiro atoms. The van der Waals surface area contributed by atoms with Crippen molar-refractivity contribution in [2.45, 2.75) is 45.7 Å². The predicted octanol–water partition coefficient (Wildman–Crippen LogP) is 2.75. The van der Waals surface area contributed by atoms with Gasteiger partial charge in [0, 0.05) is 12.2 Å². The highest BCUT2D eigenvalue weighted by atomic mass is 16.5. The number of rotatable bonds is 7. The van der Waals surface area contributed by atoms with Crippen molar-refractivity contribution < 1.29 is 9.53 Å². The lowest BCUT2D eigenvalue weighted by atomic mass is 10.2. The van der Waals surface area contributed by atoms with E-state index in [1.807, 2.05) is 34.7 Å². The number of hydrogen-bond acceptors (Lipinski definition) is 3. The number of nitrogens with zero attached hydrogens (tertiary/aromatic N) is 3.